The molecule has 7 aromatic rings. The summed E-state index contributed by atoms with van der Waals surface area (Å²) in [5.41, 5.74) is 8.42. The first kappa shape index (κ1) is 21.3. The van der Waals surface area contributed by atoms with Crippen LogP contribution in [0.5, 0.6) is 0 Å². The van der Waals surface area contributed by atoms with E-state index in [1.807, 2.05) is 36.4 Å². The standard InChI is InChI=1S/C34H23N3/c1-3-12-24(13-4-1)30-23-31(36-34(35-30)25-14-5-2-6-15-25)26-16-11-17-27(22-26)37-32-20-9-7-18-28(32)29-19-8-10-21-33(29)37/h1-23H. The molecule has 0 aliphatic heterocycles. The molecule has 0 amide bonds. The lowest BCUT2D eigenvalue weighted by atomic mass is 10.1. The highest BCUT2D eigenvalue weighted by atomic mass is 15.0. The summed E-state index contributed by atoms with van der Waals surface area (Å²) < 4.78 is 2.34. The molecule has 0 N–H and O–H groups in total. The Bertz CT molecular complexity index is 1760. The molecule has 174 valence electrons. The number of hydrogen-bond acceptors (Lipinski definition) is 2. The summed E-state index contributed by atoms with van der Waals surface area (Å²) >= 11 is 0. The number of nitrogens with zero attached hydrogens (tertiary/aromatic N) is 3. The summed E-state index contributed by atoms with van der Waals surface area (Å²) in [4.78, 5) is 9.96. The molecular formula is C34H23N3. The largest absolute Gasteiger partial charge is 0.309 e. The first-order chi connectivity index (χ1) is 18.3. The van der Waals surface area contributed by atoms with E-state index in [0.717, 1.165) is 39.6 Å². The molecule has 0 unspecified atom stereocenters. The molecule has 0 bridgehead atoms. The van der Waals surface area contributed by atoms with Crippen molar-refractivity contribution in [2.75, 3.05) is 0 Å². The first-order valence-electron chi connectivity index (χ1n) is 12.4. The van der Waals surface area contributed by atoms with Gasteiger partial charge in [-0.1, -0.05) is 109 Å². The normalized spacial score (nSPS) is 11.2. The van der Waals surface area contributed by atoms with Gasteiger partial charge < -0.3 is 4.57 Å². The van der Waals surface area contributed by atoms with Gasteiger partial charge in [-0.15, -0.1) is 0 Å². The van der Waals surface area contributed by atoms with E-state index in [0.29, 0.717) is 0 Å². The van der Waals surface area contributed by atoms with Gasteiger partial charge in [-0.25, -0.2) is 9.97 Å². The Kier molecular flexibility index (Phi) is 5.11. The molecule has 0 fully saturated rings. The van der Waals surface area contributed by atoms with Crippen molar-refractivity contribution < 1.29 is 0 Å². The smallest absolute Gasteiger partial charge is 0.160 e. The quantitative estimate of drug-likeness (QED) is 0.256. The highest BCUT2D eigenvalue weighted by Gasteiger charge is 2.14. The predicted molar refractivity (Wildman–Crippen MR) is 153 cm³/mol. The molecule has 0 spiro atoms. The zero-order chi connectivity index (χ0) is 24.6. The zero-order valence-corrected chi connectivity index (χ0v) is 20.1. The lowest BCUT2D eigenvalue weighted by Gasteiger charge is -2.12. The van der Waals surface area contributed by atoms with E-state index in [2.05, 4.69) is 108 Å². The van der Waals surface area contributed by atoms with Crippen LogP contribution in [-0.2, 0) is 0 Å². The molecule has 0 radical (unpaired) electrons. The van der Waals surface area contributed by atoms with Gasteiger partial charge in [-0.05, 0) is 30.3 Å². The van der Waals surface area contributed by atoms with Crippen LogP contribution in [0, 0.1) is 0 Å². The summed E-state index contributed by atoms with van der Waals surface area (Å²) in [5.74, 6) is 0.721. The molecule has 7 rings (SSSR count). The minimum Gasteiger partial charge on any atom is -0.309 e. The second kappa shape index (κ2) is 8.89. The fourth-order valence-corrected chi connectivity index (χ4v) is 5.07. The molecule has 37 heavy (non-hydrogen) atoms. The van der Waals surface area contributed by atoms with Crippen molar-refractivity contribution in [3.8, 4) is 39.6 Å². The summed E-state index contributed by atoms with van der Waals surface area (Å²) in [5, 5.41) is 2.51. The highest BCUT2D eigenvalue weighted by molar-refractivity contribution is 6.09. The van der Waals surface area contributed by atoms with Gasteiger partial charge in [0.2, 0.25) is 0 Å². The Hall–Kier alpha value is -5.02. The van der Waals surface area contributed by atoms with E-state index < -0.39 is 0 Å². The maximum atomic E-state index is 5.03. The Morgan fingerprint density at radius 1 is 0.405 bits per heavy atom. The van der Waals surface area contributed by atoms with Crippen LogP contribution in [0.3, 0.4) is 0 Å². The van der Waals surface area contributed by atoms with E-state index in [1.165, 1.54) is 21.8 Å². The maximum Gasteiger partial charge on any atom is 0.160 e. The Morgan fingerprint density at radius 3 is 1.57 bits per heavy atom. The Labute approximate surface area is 215 Å². The predicted octanol–water partition coefficient (Wildman–Crippen LogP) is 8.57. The van der Waals surface area contributed by atoms with Gasteiger partial charge in [0.05, 0.1) is 22.4 Å². The third-order valence-corrected chi connectivity index (χ3v) is 6.81. The topological polar surface area (TPSA) is 30.7 Å². The van der Waals surface area contributed by atoms with Gasteiger partial charge in [0.15, 0.2) is 5.82 Å². The van der Waals surface area contributed by atoms with Crippen molar-refractivity contribution in [2.45, 2.75) is 0 Å². The first-order valence-corrected chi connectivity index (χ1v) is 12.4. The Morgan fingerprint density at radius 2 is 0.919 bits per heavy atom. The number of benzene rings is 5. The van der Waals surface area contributed by atoms with Crippen molar-refractivity contribution >= 4 is 21.8 Å². The number of aromatic nitrogens is 3. The van der Waals surface area contributed by atoms with Crippen LogP contribution in [0.1, 0.15) is 0 Å². The van der Waals surface area contributed by atoms with Crippen molar-refractivity contribution in [1.82, 2.24) is 14.5 Å². The van der Waals surface area contributed by atoms with E-state index in [4.69, 9.17) is 9.97 Å². The van der Waals surface area contributed by atoms with Crippen LogP contribution in [0.4, 0.5) is 0 Å². The molecule has 5 aromatic carbocycles. The minimum atomic E-state index is 0.721. The molecule has 2 heterocycles. The van der Waals surface area contributed by atoms with Gasteiger partial charge in [0.1, 0.15) is 0 Å². The summed E-state index contributed by atoms with van der Waals surface area (Å²) in [6.07, 6.45) is 0. The van der Waals surface area contributed by atoms with Crippen LogP contribution in [0.25, 0.3) is 61.4 Å². The molecular weight excluding hydrogens is 450 g/mol. The zero-order valence-electron chi connectivity index (χ0n) is 20.1. The van der Waals surface area contributed by atoms with Crippen LogP contribution in [0.2, 0.25) is 0 Å². The average Bonchev–Trinajstić information content (AvgIpc) is 3.32. The molecule has 0 aliphatic carbocycles. The van der Waals surface area contributed by atoms with Gasteiger partial charge in [0, 0.05) is 33.2 Å². The van der Waals surface area contributed by atoms with E-state index in [9.17, 15) is 0 Å². The van der Waals surface area contributed by atoms with E-state index in [-0.39, 0.29) is 0 Å². The highest BCUT2D eigenvalue weighted by Crippen LogP contribution is 2.34. The third-order valence-electron chi connectivity index (χ3n) is 6.81. The third kappa shape index (κ3) is 3.78. The monoisotopic (exact) mass is 473 g/mol. The summed E-state index contributed by atoms with van der Waals surface area (Å²) in [6.45, 7) is 0. The second-order valence-corrected chi connectivity index (χ2v) is 9.11. The average molecular weight is 474 g/mol. The van der Waals surface area contributed by atoms with Crippen LogP contribution in [-0.4, -0.2) is 14.5 Å². The van der Waals surface area contributed by atoms with Crippen molar-refractivity contribution in [1.29, 1.82) is 0 Å². The van der Waals surface area contributed by atoms with Crippen molar-refractivity contribution in [3.05, 3.63) is 140 Å². The van der Waals surface area contributed by atoms with E-state index in [1.54, 1.807) is 0 Å². The van der Waals surface area contributed by atoms with Gasteiger partial charge in [0.25, 0.3) is 0 Å². The second-order valence-electron chi connectivity index (χ2n) is 9.11. The van der Waals surface area contributed by atoms with E-state index >= 15 is 0 Å². The Balaban J connectivity index is 1.44. The molecule has 0 aliphatic rings. The molecule has 0 atom stereocenters. The van der Waals surface area contributed by atoms with Crippen molar-refractivity contribution in [2.24, 2.45) is 0 Å². The molecule has 0 saturated carbocycles. The number of hydrogen-bond donors (Lipinski definition) is 0. The van der Waals surface area contributed by atoms with Gasteiger partial charge in [-0.2, -0.15) is 0 Å². The number of rotatable bonds is 4. The van der Waals surface area contributed by atoms with Gasteiger partial charge in [-0.3, -0.25) is 0 Å². The lowest BCUT2D eigenvalue weighted by molar-refractivity contribution is 1.16. The number of para-hydroxylation sites is 2. The maximum absolute atomic E-state index is 5.03. The van der Waals surface area contributed by atoms with Crippen LogP contribution < -0.4 is 0 Å². The fraction of sp³-hybridized carbons (Fsp3) is 0. The minimum absolute atomic E-state index is 0.721. The summed E-state index contributed by atoms with van der Waals surface area (Å²) in [7, 11) is 0. The lowest BCUT2D eigenvalue weighted by Crippen LogP contribution is -1.97. The van der Waals surface area contributed by atoms with Crippen LogP contribution in [0.15, 0.2) is 140 Å². The number of fused-ring (bicyclic) bond motifs is 3. The fourth-order valence-electron chi connectivity index (χ4n) is 5.07. The molecule has 2 aromatic heterocycles. The van der Waals surface area contributed by atoms with Gasteiger partial charge >= 0.3 is 0 Å². The molecule has 3 nitrogen and oxygen atoms in total. The van der Waals surface area contributed by atoms with Crippen molar-refractivity contribution in [3.63, 3.8) is 0 Å². The summed E-state index contributed by atoms with van der Waals surface area (Å²) in [6, 6.07) is 48.4. The van der Waals surface area contributed by atoms with Crippen LogP contribution >= 0.6 is 0 Å². The molecule has 0 saturated heterocycles. The SMILES string of the molecule is c1ccc(-c2cc(-c3cccc(-n4c5ccccc5c5ccccc54)c3)nc(-c3ccccc3)n2)cc1. The molecule has 3 heteroatoms.